The molecule has 6 aromatic heterocycles. The van der Waals surface area contributed by atoms with E-state index in [1.165, 1.54) is 6.07 Å². The standard InChI is InChI=1S/C59H41F3N16/c1-28-65-29(2)70-55(69-28)36-10-15-43-44-16-11-37(56-71-30(3)66-31(4)72-56)21-50(44)77(49(43)20-36)53-24-40(42-19-14-41(59(60,61)62)26-48(42)64-9)25-54(47(53)27-63)78-51-22-38(57-73-32(5)67-33(6)74-57)12-17-45(51)46-18-13-39(23-52(46)78)58-75-34(7)68-35(8)76-58/h10-26H,1-8H3. The lowest BCUT2D eigenvalue weighted by molar-refractivity contribution is -0.137. The van der Waals surface area contributed by atoms with Crippen molar-refractivity contribution in [2.75, 3.05) is 0 Å². The van der Waals surface area contributed by atoms with E-state index < -0.39 is 11.7 Å². The lowest BCUT2D eigenvalue weighted by Crippen LogP contribution is -2.07. The Kier molecular flexibility index (Phi) is 11.4. The smallest absolute Gasteiger partial charge is 0.308 e. The number of nitrogens with zero attached hydrogens (tertiary/aromatic N) is 16. The molecule has 0 radical (unpaired) electrons. The van der Waals surface area contributed by atoms with E-state index in [0.717, 1.165) is 33.7 Å². The SMILES string of the molecule is [C-]#[N+]c1cc(C(F)(F)F)ccc1-c1cc(-n2c3cc(-c4nc(C)nc(C)n4)ccc3c3ccc(-c4nc(C)nc(C)n4)cc32)c(C#N)c(-n2c3cc(-c4nc(C)nc(C)n4)ccc3c3ccc(-c4nc(C)nc(C)n4)cc32)c1. The number of benzene rings is 6. The number of hydrogen-bond acceptors (Lipinski definition) is 13. The normalized spacial score (nSPS) is 11.8. The summed E-state index contributed by atoms with van der Waals surface area (Å²) in [7, 11) is 0. The average Bonchev–Trinajstić information content (AvgIpc) is 4.09. The highest BCUT2D eigenvalue weighted by molar-refractivity contribution is 6.13. The Hall–Kier alpha value is -10.3. The van der Waals surface area contributed by atoms with Crippen molar-refractivity contribution in [3.05, 3.63) is 172 Å². The molecule has 6 heterocycles. The molecule has 0 bridgehead atoms. The Morgan fingerprint density at radius 2 is 0.718 bits per heavy atom. The van der Waals surface area contributed by atoms with E-state index in [1.807, 2.05) is 81.9 Å². The number of aryl methyl sites for hydroxylation is 8. The van der Waals surface area contributed by atoms with Crippen molar-refractivity contribution in [2.45, 2.75) is 61.6 Å². The number of aromatic nitrogens is 14. The van der Waals surface area contributed by atoms with Gasteiger partial charge in [-0.1, -0.05) is 60.7 Å². The van der Waals surface area contributed by atoms with Crippen molar-refractivity contribution >= 4 is 49.3 Å². The van der Waals surface area contributed by atoms with Gasteiger partial charge in [0.1, 0.15) is 58.2 Å². The van der Waals surface area contributed by atoms with Crippen LogP contribution in [0.15, 0.2) is 103 Å². The van der Waals surface area contributed by atoms with Gasteiger partial charge in [0.2, 0.25) is 0 Å². The summed E-state index contributed by atoms with van der Waals surface area (Å²) in [6.07, 6.45) is -4.73. The van der Waals surface area contributed by atoms with Gasteiger partial charge in [-0.2, -0.15) is 18.4 Å². The van der Waals surface area contributed by atoms with Gasteiger partial charge in [0, 0.05) is 49.4 Å². The summed E-state index contributed by atoms with van der Waals surface area (Å²) >= 11 is 0. The van der Waals surface area contributed by atoms with Crippen LogP contribution in [0.25, 0.3) is 117 Å². The molecular weight excluding hydrogens is 990 g/mol. The zero-order valence-corrected chi connectivity index (χ0v) is 43.1. The molecule has 16 nitrogen and oxygen atoms in total. The molecule has 0 unspecified atom stereocenters. The van der Waals surface area contributed by atoms with Crippen LogP contribution in [0.4, 0.5) is 18.9 Å². The molecule has 378 valence electrons. The maximum atomic E-state index is 14.4. The van der Waals surface area contributed by atoms with Crippen molar-refractivity contribution in [3.8, 4) is 74.1 Å². The molecule has 0 atom stereocenters. The van der Waals surface area contributed by atoms with Crippen LogP contribution in [0.2, 0.25) is 0 Å². The molecule has 19 heteroatoms. The fourth-order valence-corrected chi connectivity index (χ4v) is 10.4. The van der Waals surface area contributed by atoms with Gasteiger partial charge in [-0.3, -0.25) is 0 Å². The minimum atomic E-state index is -4.73. The zero-order valence-electron chi connectivity index (χ0n) is 43.1. The predicted molar refractivity (Wildman–Crippen MR) is 290 cm³/mol. The molecule has 12 rings (SSSR count). The topological polar surface area (TPSA) is 193 Å². The molecule has 6 aromatic carbocycles. The van der Waals surface area contributed by atoms with Crippen molar-refractivity contribution in [1.82, 2.24) is 68.9 Å². The van der Waals surface area contributed by atoms with E-state index in [2.05, 4.69) is 30.9 Å². The van der Waals surface area contributed by atoms with E-state index in [-0.39, 0.29) is 16.8 Å². The number of hydrogen-bond donors (Lipinski definition) is 0. The largest absolute Gasteiger partial charge is 0.415 e. The van der Waals surface area contributed by atoms with Gasteiger partial charge in [-0.25, -0.2) is 64.7 Å². The molecule has 0 N–H and O–H groups in total. The Labute approximate surface area is 443 Å². The maximum Gasteiger partial charge on any atom is 0.415 e. The van der Waals surface area contributed by atoms with Crippen LogP contribution in [-0.2, 0) is 6.18 Å². The van der Waals surface area contributed by atoms with Gasteiger partial charge in [-0.05, 0) is 109 Å². The highest BCUT2D eigenvalue weighted by atomic mass is 19.4. The fourth-order valence-electron chi connectivity index (χ4n) is 10.4. The molecule has 0 aliphatic heterocycles. The second-order valence-corrected chi connectivity index (χ2v) is 19.0. The third-order valence-electron chi connectivity index (χ3n) is 13.5. The van der Waals surface area contributed by atoms with Crippen LogP contribution in [0.3, 0.4) is 0 Å². The first kappa shape index (κ1) is 48.7. The molecule has 0 saturated heterocycles. The summed E-state index contributed by atoms with van der Waals surface area (Å²) in [4.78, 5) is 59.0. The Morgan fingerprint density at radius 1 is 0.410 bits per heavy atom. The highest BCUT2D eigenvalue weighted by Gasteiger charge is 2.32. The van der Waals surface area contributed by atoms with Crippen LogP contribution >= 0.6 is 0 Å². The Bertz CT molecular complexity index is 4090. The molecule has 12 aromatic rings. The van der Waals surface area contributed by atoms with Crippen LogP contribution in [0.5, 0.6) is 0 Å². The van der Waals surface area contributed by atoms with E-state index in [0.29, 0.717) is 131 Å². The number of alkyl halides is 3. The van der Waals surface area contributed by atoms with E-state index in [1.54, 1.807) is 67.5 Å². The third-order valence-corrected chi connectivity index (χ3v) is 13.5. The quantitative estimate of drug-likeness (QED) is 0.137. The van der Waals surface area contributed by atoms with Gasteiger partial charge >= 0.3 is 6.18 Å². The van der Waals surface area contributed by atoms with Crippen LogP contribution in [0, 0.1) is 73.3 Å². The number of rotatable bonds is 7. The molecular formula is C59H41F3N16. The number of fused-ring (bicyclic) bond motifs is 6. The third kappa shape index (κ3) is 8.43. The first-order chi connectivity index (χ1) is 37.4. The molecule has 0 aliphatic rings. The molecule has 0 amide bonds. The summed E-state index contributed by atoms with van der Waals surface area (Å²) in [5, 5.41) is 15.2. The average molecular weight is 1030 g/mol. The first-order valence-corrected chi connectivity index (χ1v) is 24.5. The predicted octanol–water partition coefficient (Wildman–Crippen LogP) is 12.9. The summed E-state index contributed by atoms with van der Waals surface area (Å²) in [6.45, 7) is 22.7. The fraction of sp³-hybridized carbons (Fsp3) is 0.153. The molecule has 78 heavy (non-hydrogen) atoms. The molecule has 0 aliphatic carbocycles. The van der Waals surface area contributed by atoms with E-state index >= 15 is 0 Å². The Balaban J connectivity index is 1.26. The van der Waals surface area contributed by atoms with Gasteiger partial charge in [0.05, 0.1) is 40.0 Å². The lowest BCUT2D eigenvalue weighted by atomic mass is 9.97. The minimum absolute atomic E-state index is 0.177. The Morgan fingerprint density at radius 3 is 0.987 bits per heavy atom. The summed E-state index contributed by atoms with van der Waals surface area (Å²) in [6, 6.07) is 32.7. The van der Waals surface area contributed by atoms with E-state index in [9.17, 15) is 18.4 Å². The minimum Gasteiger partial charge on any atom is -0.308 e. The van der Waals surface area contributed by atoms with Crippen LogP contribution in [0.1, 0.15) is 57.7 Å². The summed E-state index contributed by atoms with van der Waals surface area (Å²) in [5.41, 5.74) is 5.41. The van der Waals surface area contributed by atoms with Crippen molar-refractivity contribution in [2.24, 2.45) is 0 Å². The second-order valence-electron chi connectivity index (χ2n) is 19.0. The molecule has 0 saturated carbocycles. The van der Waals surface area contributed by atoms with Gasteiger partial charge in [0.25, 0.3) is 0 Å². The van der Waals surface area contributed by atoms with Gasteiger partial charge in [-0.15, -0.1) is 0 Å². The second kappa shape index (κ2) is 18.2. The van der Waals surface area contributed by atoms with Crippen molar-refractivity contribution in [1.29, 1.82) is 5.26 Å². The van der Waals surface area contributed by atoms with Gasteiger partial charge < -0.3 is 9.13 Å². The summed E-state index contributed by atoms with van der Waals surface area (Å²) in [5.74, 6) is 5.96. The number of halogens is 3. The monoisotopic (exact) mass is 1030 g/mol. The summed E-state index contributed by atoms with van der Waals surface area (Å²) < 4.78 is 47.2. The molecule has 0 fully saturated rings. The van der Waals surface area contributed by atoms with Crippen LogP contribution < -0.4 is 0 Å². The zero-order chi connectivity index (χ0) is 54.5. The van der Waals surface area contributed by atoms with Crippen molar-refractivity contribution < 1.29 is 13.2 Å². The first-order valence-electron chi connectivity index (χ1n) is 24.5. The number of nitriles is 1. The van der Waals surface area contributed by atoms with Crippen LogP contribution in [-0.4, -0.2) is 68.9 Å². The van der Waals surface area contributed by atoms with Crippen molar-refractivity contribution in [3.63, 3.8) is 0 Å². The lowest BCUT2D eigenvalue weighted by Gasteiger charge is -2.20. The highest BCUT2D eigenvalue weighted by Crippen LogP contribution is 2.45. The maximum absolute atomic E-state index is 14.4. The van der Waals surface area contributed by atoms with E-state index in [4.69, 9.17) is 46.4 Å². The van der Waals surface area contributed by atoms with Gasteiger partial charge in [0.15, 0.2) is 29.0 Å². The molecule has 0 spiro atoms.